The van der Waals surface area contributed by atoms with Crippen molar-refractivity contribution in [3.8, 4) is 11.5 Å². The molecule has 1 saturated carbocycles. The van der Waals surface area contributed by atoms with Crippen molar-refractivity contribution in [2.45, 2.75) is 29.7 Å². The van der Waals surface area contributed by atoms with Gasteiger partial charge >= 0.3 is 0 Å². The van der Waals surface area contributed by atoms with Crippen LogP contribution in [0.2, 0.25) is 0 Å². The van der Waals surface area contributed by atoms with Crippen LogP contribution in [-0.4, -0.2) is 26.6 Å². The van der Waals surface area contributed by atoms with Crippen LogP contribution in [0, 0.1) is 0 Å². The molecule has 0 amide bonds. The van der Waals surface area contributed by atoms with Crippen molar-refractivity contribution < 1.29 is 14.3 Å². The molecular weight excluding hydrogens is 262 g/mol. The number of aliphatic imine (C=N–C) groups is 1. The van der Waals surface area contributed by atoms with Crippen LogP contribution < -0.4 is 9.47 Å². The van der Waals surface area contributed by atoms with Crippen LogP contribution in [-0.2, 0) is 10.3 Å². The van der Waals surface area contributed by atoms with E-state index < -0.39 is 5.54 Å². The fraction of sp³-hybridized carbons (Fsp3) is 0.500. The second-order valence-electron chi connectivity index (χ2n) is 4.50. The predicted molar refractivity (Wildman–Crippen MR) is 75.0 cm³/mol. The minimum absolute atomic E-state index is 0.411. The summed E-state index contributed by atoms with van der Waals surface area (Å²) in [5.41, 5.74) is 0.593. The molecule has 0 saturated heterocycles. The molecule has 1 aromatic rings. The summed E-state index contributed by atoms with van der Waals surface area (Å²) in [5.74, 6) is 1.40. The first-order valence-electron chi connectivity index (χ1n) is 6.10. The van der Waals surface area contributed by atoms with Gasteiger partial charge in [-0.2, -0.15) is 4.99 Å². The largest absolute Gasteiger partial charge is 0.493 e. The molecule has 0 bridgehead atoms. The van der Waals surface area contributed by atoms with E-state index in [-0.39, 0.29) is 0 Å². The number of ether oxygens (including phenoxy) is 2. The van der Waals surface area contributed by atoms with Gasteiger partial charge in [-0.15, -0.1) is 11.8 Å². The monoisotopic (exact) mass is 279 g/mol. The number of methoxy groups -OCH3 is 2. The molecule has 0 aliphatic heterocycles. The summed E-state index contributed by atoms with van der Waals surface area (Å²) in [7, 11) is 3.24. The van der Waals surface area contributed by atoms with E-state index in [0.717, 1.165) is 35.5 Å². The molecule has 19 heavy (non-hydrogen) atoms. The topological polar surface area (TPSA) is 47.9 Å². The lowest BCUT2D eigenvalue weighted by Gasteiger charge is -2.37. The standard InChI is InChI=1S/C14H17NO3S/c1-17-11-7-10(8-12(19-3)13(11)18-2)14(15-9-16)5-4-6-14/h7-8H,4-6H2,1-3H3. The maximum absolute atomic E-state index is 10.7. The summed E-state index contributed by atoms with van der Waals surface area (Å²) >= 11 is 1.59. The maximum atomic E-state index is 10.7. The normalized spacial score (nSPS) is 16.2. The van der Waals surface area contributed by atoms with E-state index in [1.54, 1.807) is 32.1 Å². The third-order valence-electron chi connectivity index (χ3n) is 3.64. The first-order chi connectivity index (χ1) is 9.20. The quantitative estimate of drug-likeness (QED) is 0.472. The Bertz CT molecular complexity index is 494. The molecule has 1 aromatic carbocycles. The highest BCUT2D eigenvalue weighted by Gasteiger charge is 2.39. The van der Waals surface area contributed by atoms with E-state index in [4.69, 9.17) is 9.47 Å². The third kappa shape index (κ3) is 2.36. The second kappa shape index (κ2) is 5.68. The molecule has 1 fully saturated rings. The van der Waals surface area contributed by atoms with Crippen LogP contribution in [0.25, 0.3) is 0 Å². The second-order valence-corrected chi connectivity index (χ2v) is 5.35. The average molecular weight is 279 g/mol. The highest BCUT2D eigenvalue weighted by molar-refractivity contribution is 7.98. The lowest BCUT2D eigenvalue weighted by Crippen LogP contribution is -2.32. The number of carbonyl (C=O) groups excluding carboxylic acids is 1. The smallest absolute Gasteiger partial charge is 0.235 e. The lowest BCUT2D eigenvalue weighted by molar-refractivity contribution is 0.253. The van der Waals surface area contributed by atoms with Crippen LogP contribution in [0.5, 0.6) is 11.5 Å². The Morgan fingerprint density at radius 3 is 2.47 bits per heavy atom. The lowest BCUT2D eigenvalue weighted by atomic mass is 9.72. The molecule has 2 rings (SSSR count). The third-order valence-corrected chi connectivity index (χ3v) is 4.39. The summed E-state index contributed by atoms with van der Waals surface area (Å²) in [6, 6.07) is 3.95. The molecule has 0 N–H and O–H groups in total. The fourth-order valence-electron chi connectivity index (χ4n) is 2.41. The minimum atomic E-state index is -0.411. The Labute approximate surface area is 117 Å². The number of hydrogen-bond donors (Lipinski definition) is 0. The van der Waals surface area contributed by atoms with Gasteiger partial charge in [-0.3, -0.25) is 0 Å². The zero-order valence-corrected chi connectivity index (χ0v) is 12.2. The molecule has 0 heterocycles. The fourth-order valence-corrected chi connectivity index (χ4v) is 3.03. The molecule has 0 radical (unpaired) electrons. The van der Waals surface area contributed by atoms with Crippen molar-refractivity contribution >= 4 is 17.8 Å². The molecular formula is C14H17NO3S. The van der Waals surface area contributed by atoms with Crippen LogP contribution in [0.4, 0.5) is 0 Å². The van der Waals surface area contributed by atoms with Crippen LogP contribution in [0.3, 0.4) is 0 Å². The molecule has 1 aliphatic carbocycles. The van der Waals surface area contributed by atoms with E-state index in [9.17, 15) is 4.79 Å². The molecule has 1 aliphatic rings. The van der Waals surface area contributed by atoms with E-state index in [0.29, 0.717) is 5.75 Å². The zero-order chi connectivity index (χ0) is 13.9. The number of benzene rings is 1. The first-order valence-corrected chi connectivity index (χ1v) is 7.33. The van der Waals surface area contributed by atoms with Gasteiger partial charge in [-0.05, 0) is 43.2 Å². The SMILES string of the molecule is COc1cc(C2(N=C=O)CCC2)cc(SC)c1OC. The molecule has 0 unspecified atom stereocenters. The van der Waals surface area contributed by atoms with Crippen molar-refractivity contribution in [2.75, 3.05) is 20.5 Å². The highest BCUT2D eigenvalue weighted by Crippen LogP contribution is 2.49. The van der Waals surface area contributed by atoms with Gasteiger partial charge < -0.3 is 9.47 Å². The van der Waals surface area contributed by atoms with E-state index in [1.807, 2.05) is 18.4 Å². The zero-order valence-electron chi connectivity index (χ0n) is 11.4. The van der Waals surface area contributed by atoms with Crippen molar-refractivity contribution in [3.05, 3.63) is 17.7 Å². The molecule has 102 valence electrons. The Morgan fingerprint density at radius 1 is 1.32 bits per heavy atom. The van der Waals surface area contributed by atoms with Crippen LogP contribution in [0.1, 0.15) is 24.8 Å². The Balaban J connectivity index is 2.55. The van der Waals surface area contributed by atoms with Gasteiger partial charge in [0.15, 0.2) is 11.5 Å². The number of thioether (sulfide) groups is 1. The van der Waals surface area contributed by atoms with E-state index in [1.165, 1.54) is 0 Å². The Kier molecular flexibility index (Phi) is 4.17. The van der Waals surface area contributed by atoms with Gasteiger partial charge in [0, 0.05) is 0 Å². The molecule has 5 heteroatoms. The van der Waals surface area contributed by atoms with Crippen LogP contribution >= 0.6 is 11.8 Å². The molecule has 0 atom stereocenters. The summed E-state index contributed by atoms with van der Waals surface area (Å²) in [4.78, 5) is 15.7. The van der Waals surface area contributed by atoms with Gasteiger partial charge in [0.1, 0.15) is 0 Å². The maximum Gasteiger partial charge on any atom is 0.235 e. The summed E-state index contributed by atoms with van der Waals surface area (Å²) in [6.45, 7) is 0. The number of isocyanates is 1. The minimum Gasteiger partial charge on any atom is -0.493 e. The van der Waals surface area contributed by atoms with Crippen molar-refractivity contribution in [1.82, 2.24) is 0 Å². The summed E-state index contributed by atoms with van der Waals surface area (Å²) < 4.78 is 10.8. The van der Waals surface area contributed by atoms with Crippen molar-refractivity contribution in [1.29, 1.82) is 0 Å². The summed E-state index contributed by atoms with van der Waals surface area (Å²) in [5, 5.41) is 0. The molecule has 0 aromatic heterocycles. The van der Waals surface area contributed by atoms with Gasteiger partial charge in [0.05, 0.1) is 24.7 Å². The first kappa shape index (κ1) is 14.0. The Morgan fingerprint density at radius 2 is 2.05 bits per heavy atom. The number of hydrogen-bond acceptors (Lipinski definition) is 5. The van der Waals surface area contributed by atoms with Gasteiger partial charge in [-0.25, -0.2) is 4.79 Å². The van der Waals surface area contributed by atoms with E-state index >= 15 is 0 Å². The number of nitrogens with zero attached hydrogens (tertiary/aromatic N) is 1. The number of rotatable bonds is 5. The summed E-state index contributed by atoms with van der Waals surface area (Å²) in [6.07, 6.45) is 6.53. The van der Waals surface area contributed by atoms with Gasteiger partial charge in [0.25, 0.3) is 0 Å². The molecule has 4 nitrogen and oxygen atoms in total. The van der Waals surface area contributed by atoms with Crippen molar-refractivity contribution in [2.24, 2.45) is 4.99 Å². The predicted octanol–water partition coefficient (Wildman–Crippen LogP) is 3.14. The van der Waals surface area contributed by atoms with Crippen molar-refractivity contribution in [3.63, 3.8) is 0 Å². The molecule has 0 spiro atoms. The Hall–Kier alpha value is -1.45. The van der Waals surface area contributed by atoms with Crippen LogP contribution in [0.15, 0.2) is 22.0 Å². The average Bonchev–Trinajstić information content (AvgIpc) is 2.41. The van der Waals surface area contributed by atoms with Gasteiger partial charge in [0.2, 0.25) is 6.08 Å². The highest BCUT2D eigenvalue weighted by atomic mass is 32.2. The van der Waals surface area contributed by atoms with Gasteiger partial charge in [-0.1, -0.05) is 0 Å². The van der Waals surface area contributed by atoms with E-state index in [2.05, 4.69) is 4.99 Å².